The molecule has 0 N–H and O–H groups in total. The van der Waals surface area contributed by atoms with Gasteiger partial charge in [-0.15, -0.1) is 0 Å². The molecular formula is H4Na2O3S2. The van der Waals surface area contributed by atoms with E-state index < -0.39 is 23.9 Å². The monoisotopic (exact) mass is 162 g/mol. The first-order chi connectivity index (χ1) is 2.41. The van der Waals surface area contributed by atoms with Crippen molar-refractivity contribution in [3.63, 3.8) is 0 Å². The predicted octanol–water partition coefficient (Wildman–Crippen LogP) is -2.57. The molecule has 0 aliphatic heterocycles. The van der Waals surface area contributed by atoms with E-state index in [0.29, 0.717) is 0 Å². The van der Waals surface area contributed by atoms with Crippen LogP contribution >= 0.6 is 0 Å². The number of rotatable bonds is 2. The van der Waals surface area contributed by atoms with Crippen LogP contribution in [0.5, 0.6) is 0 Å². The van der Waals surface area contributed by atoms with Gasteiger partial charge in [-0.25, -0.2) is 8.42 Å². The van der Waals surface area contributed by atoms with E-state index in [0.717, 1.165) is 0 Å². The van der Waals surface area contributed by atoms with Crippen LogP contribution in [0.3, 0.4) is 0 Å². The van der Waals surface area contributed by atoms with Gasteiger partial charge in [0.05, 0.1) is 0 Å². The first-order valence-corrected chi connectivity index (χ1v) is 2.19. The molecule has 0 radical (unpaired) electrons. The van der Waals surface area contributed by atoms with Crippen LogP contribution in [0.1, 0.15) is 0 Å². The summed E-state index contributed by atoms with van der Waals surface area (Å²) in [6, 6.07) is 0. The van der Waals surface area contributed by atoms with Gasteiger partial charge in [0.2, 0.25) is 0 Å². The molecule has 0 atom stereocenters. The number of hydrogen-bond acceptors (Lipinski definition) is 3. The van der Waals surface area contributed by atoms with Gasteiger partial charge in [-0.3, -0.25) is 0 Å². The Morgan fingerprint density at radius 2 is 1.29 bits per heavy atom. The van der Waals surface area contributed by atoms with Crippen LogP contribution in [-0.2, 0) is 27.5 Å². The molecule has 36 valence electrons. The summed E-state index contributed by atoms with van der Waals surface area (Å²) in [6.45, 7) is 0. The fourth-order valence-corrected chi connectivity index (χ4v) is 0.122. The molecule has 0 saturated carbocycles. The van der Waals surface area contributed by atoms with Crippen molar-refractivity contribution in [2.45, 2.75) is 0 Å². The van der Waals surface area contributed by atoms with Crippen molar-refractivity contribution in [1.29, 1.82) is 0 Å². The SMILES string of the molecule is O=[SH]O[SH]=O.[NaH].[NaH]. The van der Waals surface area contributed by atoms with Crippen molar-refractivity contribution >= 4 is 83.0 Å². The van der Waals surface area contributed by atoms with Crippen LogP contribution in [0.25, 0.3) is 0 Å². The van der Waals surface area contributed by atoms with E-state index >= 15 is 0 Å². The number of hydrogen-bond donors (Lipinski definition) is 2. The molecule has 0 aromatic heterocycles. The van der Waals surface area contributed by atoms with E-state index in [1.165, 1.54) is 0 Å². The molecule has 0 heterocycles. The van der Waals surface area contributed by atoms with Gasteiger partial charge in [0, 0.05) is 0 Å². The molecule has 0 aromatic rings. The second kappa shape index (κ2) is 15.7. The summed E-state index contributed by atoms with van der Waals surface area (Å²) in [5, 5.41) is 0. The molecule has 0 spiro atoms. The van der Waals surface area contributed by atoms with Crippen molar-refractivity contribution in [1.82, 2.24) is 0 Å². The summed E-state index contributed by atoms with van der Waals surface area (Å²) >= 11 is -1.09. The summed E-state index contributed by atoms with van der Waals surface area (Å²) < 4.78 is 21.8. The van der Waals surface area contributed by atoms with Gasteiger partial charge in [0.15, 0.2) is 23.9 Å². The molecule has 0 rings (SSSR count). The fraction of sp³-hybridized carbons (Fsp3) is 0. The summed E-state index contributed by atoms with van der Waals surface area (Å²) in [4.78, 5) is 0. The Hall–Kier alpha value is 2.26. The van der Waals surface area contributed by atoms with Gasteiger partial charge >= 0.3 is 59.1 Å². The Bertz CT molecular complexity index is 40.2. The van der Waals surface area contributed by atoms with Crippen molar-refractivity contribution in [3.05, 3.63) is 0 Å². The third-order valence-electron chi connectivity index (χ3n) is 0.0667. The van der Waals surface area contributed by atoms with Gasteiger partial charge in [0.1, 0.15) is 0 Å². The first kappa shape index (κ1) is 16.1. The van der Waals surface area contributed by atoms with E-state index in [1.54, 1.807) is 0 Å². The number of thiol groups is 2. The molecule has 7 heteroatoms. The standard InChI is InChI=1S/2Na.H2O3S2.2H/c;;1-4-3-5-2;;/h;;4-5H;;. The van der Waals surface area contributed by atoms with E-state index in [4.69, 9.17) is 8.42 Å². The minimum absolute atomic E-state index is 0. The molecule has 0 aliphatic carbocycles. The zero-order valence-corrected chi connectivity index (χ0v) is 3.91. The van der Waals surface area contributed by atoms with E-state index in [9.17, 15) is 0 Å². The molecule has 3 nitrogen and oxygen atoms in total. The Kier molecular flexibility index (Phi) is 36.2. The summed E-state index contributed by atoms with van der Waals surface area (Å²) in [6.07, 6.45) is 0. The maximum absolute atomic E-state index is 9.07. The molecule has 0 amide bonds. The zero-order valence-electron chi connectivity index (χ0n) is 2.12. The quantitative estimate of drug-likeness (QED) is 0.346. The van der Waals surface area contributed by atoms with Crippen LogP contribution in [0, 0.1) is 0 Å². The fourth-order valence-electron chi connectivity index (χ4n) is 0.0136. The Labute approximate surface area is 93.5 Å². The van der Waals surface area contributed by atoms with Gasteiger partial charge in [-0.2, -0.15) is 3.63 Å². The van der Waals surface area contributed by atoms with Crippen LogP contribution in [0.15, 0.2) is 0 Å². The van der Waals surface area contributed by atoms with Crippen molar-refractivity contribution in [3.8, 4) is 0 Å². The van der Waals surface area contributed by atoms with Crippen molar-refractivity contribution in [2.24, 2.45) is 0 Å². The Balaban J connectivity index is -0.0000000800. The van der Waals surface area contributed by atoms with Crippen LogP contribution in [0.2, 0.25) is 0 Å². The van der Waals surface area contributed by atoms with Crippen LogP contribution in [-0.4, -0.2) is 67.5 Å². The average Bonchev–Trinajstić information content (AvgIpc) is 1.41. The predicted molar refractivity (Wildman–Crippen MR) is 34.5 cm³/mol. The first-order valence-electron chi connectivity index (χ1n) is 0.730. The molecule has 0 aromatic carbocycles. The molecule has 0 fully saturated rings. The minimum atomic E-state index is -0.545. The third-order valence-corrected chi connectivity index (χ3v) is 0.600. The molecule has 0 bridgehead atoms. The second-order valence-corrected chi connectivity index (χ2v) is 1.18. The van der Waals surface area contributed by atoms with Crippen LogP contribution < -0.4 is 0 Å². The second-order valence-electron chi connectivity index (χ2n) is 0.231. The maximum atomic E-state index is 9.07. The Morgan fingerprint density at radius 3 is 1.29 bits per heavy atom. The van der Waals surface area contributed by atoms with E-state index in [-0.39, 0.29) is 59.1 Å². The van der Waals surface area contributed by atoms with Gasteiger partial charge in [0.25, 0.3) is 0 Å². The molecule has 0 unspecified atom stereocenters. The Morgan fingerprint density at radius 1 is 1.00 bits per heavy atom. The summed E-state index contributed by atoms with van der Waals surface area (Å²) in [7, 11) is 0. The normalized spacial score (nSPS) is 5.71. The molecule has 0 saturated heterocycles. The van der Waals surface area contributed by atoms with E-state index in [2.05, 4.69) is 3.63 Å². The molecule has 0 aliphatic rings. The van der Waals surface area contributed by atoms with Gasteiger partial charge in [-0.1, -0.05) is 0 Å². The van der Waals surface area contributed by atoms with E-state index in [1.807, 2.05) is 0 Å². The van der Waals surface area contributed by atoms with Crippen LogP contribution in [0.4, 0.5) is 0 Å². The van der Waals surface area contributed by atoms with Gasteiger partial charge < -0.3 is 0 Å². The zero-order chi connectivity index (χ0) is 4.12. The average molecular weight is 162 g/mol. The van der Waals surface area contributed by atoms with Gasteiger partial charge in [-0.05, 0) is 0 Å². The van der Waals surface area contributed by atoms with Crippen molar-refractivity contribution < 1.29 is 12.0 Å². The molecular weight excluding hydrogens is 158 g/mol. The topological polar surface area (TPSA) is 43.4 Å². The summed E-state index contributed by atoms with van der Waals surface area (Å²) in [5.41, 5.74) is 0. The third kappa shape index (κ3) is 17.8. The summed E-state index contributed by atoms with van der Waals surface area (Å²) in [5.74, 6) is 0. The van der Waals surface area contributed by atoms with Crippen molar-refractivity contribution in [2.75, 3.05) is 0 Å². The molecule has 7 heavy (non-hydrogen) atoms.